The molecule has 1 aromatic heterocycles. The van der Waals surface area contributed by atoms with Crippen molar-refractivity contribution in [3.05, 3.63) is 29.0 Å². The lowest BCUT2D eigenvalue weighted by Crippen LogP contribution is -2.29. The molecule has 0 aliphatic carbocycles. The second-order valence-electron chi connectivity index (χ2n) is 4.36. The topological polar surface area (TPSA) is 70.5 Å². The molecule has 1 N–H and O–H groups in total. The van der Waals surface area contributed by atoms with Crippen molar-refractivity contribution in [2.75, 3.05) is 13.1 Å². The van der Waals surface area contributed by atoms with Gasteiger partial charge in [-0.05, 0) is 18.4 Å². The van der Waals surface area contributed by atoms with Gasteiger partial charge in [0, 0.05) is 31.9 Å². The average Bonchev–Trinajstić information content (AvgIpc) is 2.76. The van der Waals surface area contributed by atoms with E-state index in [1.165, 1.54) is 12.4 Å². The zero-order chi connectivity index (χ0) is 13.1. The maximum Gasteiger partial charge on any atom is 0.303 e. The Labute approximate surface area is 109 Å². The summed E-state index contributed by atoms with van der Waals surface area (Å²) in [5.41, 5.74) is 0.371. The van der Waals surface area contributed by atoms with Crippen LogP contribution < -0.4 is 0 Å². The Kier molecular flexibility index (Phi) is 3.81. The Bertz CT molecular complexity index is 478. The summed E-state index contributed by atoms with van der Waals surface area (Å²) in [6, 6.07) is 1.57. The summed E-state index contributed by atoms with van der Waals surface area (Å²) >= 11 is 5.94. The predicted octanol–water partition coefficient (Wildman–Crippen LogP) is 1.67. The number of amides is 1. The first-order valence-electron chi connectivity index (χ1n) is 5.68. The number of pyridine rings is 1. The van der Waals surface area contributed by atoms with Crippen LogP contribution in [0.5, 0.6) is 0 Å². The number of likely N-dealkylation sites (tertiary alicyclic amines) is 1. The Balaban J connectivity index is 2.04. The highest BCUT2D eigenvalue weighted by Crippen LogP contribution is 2.23. The quantitative estimate of drug-likeness (QED) is 0.905. The SMILES string of the molecule is O=C(O)CC1CCN(C(=O)c2cnccc2Cl)C1. The van der Waals surface area contributed by atoms with E-state index >= 15 is 0 Å². The molecule has 0 saturated carbocycles. The van der Waals surface area contributed by atoms with Crippen molar-refractivity contribution in [2.24, 2.45) is 5.92 Å². The van der Waals surface area contributed by atoms with Crippen LogP contribution in [0.15, 0.2) is 18.5 Å². The number of nitrogens with zero attached hydrogens (tertiary/aromatic N) is 2. The number of rotatable bonds is 3. The molecular weight excluding hydrogens is 256 g/mol. The van der Waals surface area contributed by atoms with Crippen molar-refractivity contribution in [1.29, 1.82) is 0 Å². The zero-order valence-corrected chi connectivity index (χ0v) is 10.4. The Morgan fingerprint density at radius 2 is 2.33 bits per heavy atom. The predicted molar refractivity (Wildman–Crippen MR) is 65.5 cm³/mol. The minimum atomic E-state index is -0.825. The minimum absolute atomic E-state index is 0.0295. The van der Waals surface area contributed by atoms with Crippen LogP contribution in [-0.2, 0) is 4.79 Å². The van der Waals surface area contributed by atoms with Gasteiger partial charge in [-0.2, -0.15) is 0 Å². The number of carboxylic acid groups (broad SMARTS) is 1. The van der Waals surface area contributed by atoms with Crippen LogP contribution in [0.25, 0.3) is 0 Å². The molecule has 96 valence electrons. The first-order chi connectivity index (χ1) is 8.58. The van der Waals surface area contributed by atoms with E-state index in [2.05, 4.69) is 4.98 Å². The molecule has 1 amide bonds. The summed E-state index contributed by atoms with van der Waals surface area (Å²) in [4.78, 5) is 28.3. The molecule has 18 heavy (non-hydrogen) atoms. The van der Waals surface area contributed by atoms with Gasteiger partial charge in [-0.1, -0.05) is 11.6 Å². The van der Waals surface area contributed by atoms with Crippen LogP contribution in [0, 0.1) is 5.92 Å². The highest BCUT2D eigenvalue weighted by molar-refractivity contribution is 6.33. The van der Waals surface area contributed by atoms with Gasteiger partial charge in [0.25, 0.3) is 5.91 Å². The van der Waals surface area contributed by atoms with Crippen LogP contribution in [0.2, 0.25) is 5.02 Å². The van der Waals surface area contributed by atoms with E-state index < -0.39 is 5.97 Å². The van der Waals surface area contributed by atoms with E-state index in [1.54, 1.807) is 11.0 Å². The van der Waals surface area contributed by atoms with Gasteiger partial charge in [0.2, 0.25) is 0 Å². The third-order valence-electron chi connectivity index (χ3n) is 3.03. The van der Waals surface area contributed by atoms with Gasteiger partial charge in [0.15, 0.2) is 0 Å². The maximum absolute atomic E-state index is 12.2. The normalized spacial score (nSPS) is 18.9. The Morgan fingerprint density at radius 1 is 1.56 bits per heavy atom. The molecule has 1 aliphatic rings. The van der Waals surface area contributed by atoms with Crippen molar-refractivity contribution in [1.82, 2.24) is 9.88 Å². The first-order valence-corrected chi connectivity index (χ1v) is 6.06. The molecule has 0 spiro atoms. The molecule has 0 aromatic carbocycles. The molecule has 1 unspecified atom stereocenters. The number of aliphatic carboxylic acids is 1. The molecular formula is C12H13ClN2O3. The van der Waals surface area contributed by atoms with E-state index in [-0.39, 0.29) is 18.2 Å². The number of carboxylic acids is 1. The summed E-state index contributed by atoms with van der Waals surface area (Å²) in [6.07, 6.45) is 3.78. The molecule has 5 nitrogen and oxygen atoms in total. The fourth-order valence-electron chi connectivity index (χ4n) is 2.14. The third kappa shape index (κ3) is 2.79. The summed E-state index contributed by atoms with van der Waals surface area (Å²) in [7, 11) is 0. The second-order valence-corrected chi connectivity index (χ2v) is 4.77. The van der Waals surface area contributed by atoms with Crippen molar-refractivity contribution in [3.63, 3.8) is 0 Å². The second kappa shape index (κ2) is 5.35. The average molecular weight is 269 g/mol. The van der Waals surface area contributed by atoms with Crippen LogP contribution in [0.4, 0.5) is 0 Å². The van der Waals surface area contributed by atoms with E-state index in [9.17, 15) is 9.59 Å². The lowest BCUT2D eigenvalue weighted by molar-refractivity contribution is -0.138. The Hall–Kier alpha value is -1.62. The number of aromatic nitrogens is 1. The molecule has 1 fully saturated rings. The van der Waals surface area contributed by atoms with Crippen LogP contribution in [-0.4, -0.2) is 40.0 Å². The van der Waals surface area contributed by atoms with E-state index in [0.29, 0.717) is 23.7 Å². The Morgan fingerprint density at radius 3 is 3.00 bits per heavy atom. The number of hydrogen-bond acceptors (Lipinski definition) is 3. The highest BCUT2D eigenvalue weighted by Gasteiger charge is 2.29. The number of hydrogen-bond donors (Lipinski definition) is 1. The molecule has 6 heteroatoms. The maximum atomic E-state index is 12.2. The standard InChI is InChI=1S/C12H13ClN2O3/c13-10-1-3-14-6-9(10)12(18)15-4-2-8(7-15)5-11(16)17/h1,3,6,8H,2,4-5,7H2,(H,16,17). The van der Waals surface area contributed by atoms with Crippen molar-refractivity contribution >= 4 is 23.5 Å². The van der Waals surface area contributed by atoms with Crippen LogP contribution in [0.3, 0.4) is 0 Å². The number of halogens is 1. The monoisotopic (exact) mass is 268 g/mol. The smallest absolute Gasteiger partial charge is 0.303 e. The van der Waals surface area contributed by atoms with Crippen LogP contribution in [0.1, 0.15) is 23.2 Å². The van der Waals surface area contributed by atoms with Gasteiger partial charge in [-0.15, -0.1) is 0 Å². The molecule has 1 aliphatic heterocycles. The fraction of sp³-hybridized carbons (Fsp3) is 0.417. The van der Waals surface area contributed by atoms with E-state index in [0.717, 1.165) is 6.42 Å². The number of carbonyl (C=O) groups is 2. The lowest BCUT2D eigenvalue weighted by atomic mass is 10.1. The minimum Gasteiger partial charge on any atom is -0.481 e. The van der Waals surface area contributed by atoms with Crippen molar-refractivity contribution in [3.8, 4) is 0 Å². The van der Waals surface area contributed by atoms with Crippen LogP contribution >= 0.6 is 11.6 Å². The molecule has 1 atom stereocenters. The zero-order valence-electron chi connectivity index (χ0n) is 9.67. The molecule has 2 heterocycles. The summed E-state index contributed by atoms with van der Waals surface area (Å²) in [5, 5.41) is 9.10. The van der Waals surface area contributed by atoms with Crippen molar-refractivity contribution < 1.29 is 14.7 Å². The van der Waals surface area contributed by atoms with Crippen molar-refractivity contribution in [2.45, 2.75) is 12.8 Å². The molecule has 0 bridgehead atoms. The summed E-state index contributed by atoms with van der Waals surface area (Å²) < 4.78 is 0. The first kappa shape index (κ1) is 12.8. The summed E-state index contributed by atoms with van der Waals surface area (Å²) in [5.74, 6) is -0.975. The van der Waals surface area contributed by atoms with Gasteiger partial charge >= 0.3 is 5.97 Å². The van der Waals surface area contributed by atoms with E-state index in [1.807, 2.05) is 0 Å². The van der Waals surface area contributed by atoms with E-state index in [4.69, 9.17) is 16.7 Å². The van der Waals surface area contributed by atoms with Gasteiger partial charge in [0.05, 0.1) is 10.6 Å². The molecule has 1 aromatic rings. The molecule has 2 rings (SSSR count). The molecule has 0 radical (unpaired) electrons. The van der Waals surface area contributed by atoms with Gasteiger partial charge in [0.1, 0.15) is 0 Å². The van der Waals surface area contributed by atoms with Gasteiger partial charge in [-0.3, -0.25) is 14.6 Å². The molecule has 1 saturated heterocycles. The number of carbonyl (C=O) groups excluding carboxylic acids is 1. The summed E-state index contributed by atoms with van der Waals surface area (Å²) in [6.45, 7) is 1.04. The fourth-order valence-corrected chi connectivity index (χ4v) is 2.32. The van der Waals surface area contributed by atoms with Gasteiger partial charge in [-0.25, -0.2) is 0 Å². The third-order valence-corrected chi connectivity index (χ3v) is 3.36. The van der Waals surface area contributed by atoms with Gasteiger partial charge < -0.3 is 10.0 Å². The highest BCUT2D eigenvalue weighted by atomic mass is 35.5. The largest absolute Gasteiger partial charge is 0.481 e. The lowest BCUT2D eigenvalue weighted by Gasteiger charge is -2.16.